The van der Waals surface area contributed by atoms with Crippen molar-refractivity contribution in [2.75, 3.05) is 19.6 Å². The van der Waals surface area contributed by atoms with E-state index in [-0.39, 0.29) is 17.4 Å². The van der Waals surface area contributed by atoms with Crippen LogP contribution in [0.4, 0.5) is 0 Å². The van der Waals surface area contributed by atoms with Crippen LogP contribution in [0.3, 0.4) is 0 Å². The molecule has 1 aliphatic rings. The highest BCUT2D eigenvalue weighted by Crippen LogP contribution is 2.48. The molecule has 0 aromatic heterocycles. The summed E-state index contributed by atoms with van der Waals surface area (Å²) in [5, 5.41) is 15.2. The Balaban J connectivity index is 1.78. The SMILES string of the molecule is CC(O)CNCCNC(=O)C1(c2ccccc2)CC1. The lowest BCUT2D eigenvalue weighted by molar-refractivity contribution is -0.123. The number of rotatable bonds is 7. The average molecular weight is 262 g/mol. The van der Waals surface area contributed by atoms with Crippen molar-refractivity contribution in [3.8, 4) is 0 Å². The zero-order valence-electron chi connectivity index (χ0n) is 11.4. The van der Waals surface area contributed by atoms with E-state index in [2.05, 4.69) is 10.6 Å². The lowest BCUT2D eigenvalue weighted by atomic mass is 9.95. The second-order valence-corrected chi connectivity index (χ2v) is 5.26. The number of aliphatic hydroxyl groups is 1. The van der Waals surface area contributed by atoms with E-state index in [0.717, 1.165) is 18.4 Å². The lowest BCUT2D eigenvalue weighted by Gasteiger charge is -2.16. The molecular formula is C15H22N2O2. The molecule has 1 fully saturated rings. The number of benzene rings is 1. The van der Waals surface area contributed by atoms with Gasteiger partial charge in [0.25, 0.3) is 0 Å². The Kier molecular flexibility index (Phi) is 4.56. The van der Waals surface area contributed by atoms with Crippen molar-refractivity contribution >= 4 is 5.91 Å². The Morgan fingerprint density at radius 3 is 2.58 bits per heavy atom. The molecule has 3 N–H and O–H groups in total. The van der Waals surface area contributed by atoms with Crippen LogP contribution >= 0.6 is 0 Å². The number of aliphatic hydroxyl groups excluding tert-OH is 1. The van der Waals surface area contributed by atoms with Crippen LogP contribution in [0.1, 0.15) is 25.3 Å². The molecule has 104 valence electrons. The molecule has 2 rings (SSSR count). The van der Waals surface area contributed by atoms with Crippen molar-refractivity contribution in [1.29, 1.82) is 0 Å². The zero-order valence-corrected chi connectivity index (χ0v) is 11.4. The number of hydrogen-bond donors (Lipinski definition) is 3. The van der Waals surface area contributed by atoms with Crippen LogP contribution in [0.25, 0.3) is 0 Å². The minimum atomic E-state index is -0.352. The number of amides is 1. The molecule has 1 amide bonds. The van der Waals surface area contributed by atoms with Gasteiger partial charge in [0, 0.05) is 19.6 Å². The molecule has 1 unspecified atom stereocenters. The van der Waals surface area contributed by atoms with Crippen LogP contribution in [0.5, 0.6) is 0 Å². The Hall–Kier alpha value is -1.39. The highest BCUT2D eigenvalue weighted by molar-refractivity contribution is 5.91. The molecule has 4 nitrogen and oxygen atoms in total. The maximum atomic E-state index is 12.2. The maximum Gasteiger partial charge on any atom is 0.230 e. The Labute approximate surface area is 114 Å². The van der Waals surface area contributed by atoms with Crippen LogP contribution in [0.2, 0.25) is 0 Å². The van der Waals surface area contributed by atoms with Gasteiger partial charge in [-0.15, -0.1) is 0 Å². The first-order valence-electron chi connectivity index (χ1n) is 6.88. The van der Waals surface area contributed by atoms with Crippen molar-refractivity contribution in [2.24, 2.45) is 0 Å². The molecule has 1 saturated carbocycles. The highest BCUT2D eigenvalue weighted by atomic mass is 16.3. The summed E-state index contributed by atoms with van der Waals surface area (Å²) in [6.07, 6.45) is 1.52. The van der Waals surface area contributed by atoms with Gasteiger partial charge in [-0.2, -0.15) is 0 Å². The van der Waals surface area contributed by atoms with Gasteiger partial charge >= 0.3 is 0 Å². The quantitative estimate of drug-likeness (QED) is 0.637. The molecule has 0 radical (unpaired) electrons. The van der Waals surface area contributed by atoms with Crippen molar-refractivity contribution < 1.29 is 9.90 Å². The fraction of sp³-hybridized carbons (Fsp3) is 0.533. The molecule has 0 heterocycles. The molecule has 1 aliphatic carbocycles. The zero-order chi connectivity index (χ0) is 13.7. The Bertz CT molecular complexity index is 413. The monoisotopic (exact) mass is 262 g/mol. The topological polar surface area (TPSA) is 61.4 Å². The second kappa shape index (κ2) is 6.17. The fourth-order valence-electron chi connectivity index (χ4n) is 2.27. The molecule has 0 aliphatic heterocycles. The highest BCUT2D eigenvalue weighted by Gasteiger charge is 2.50. The Morgan fingerprint density at radius 1 is 1.32 bits per heavy atom. The van der Waals surface area contributed by atoms with Gasteiger partial charge in [0.2, 0.25) is 5.91 Å². The van der Waals surface area contributed by atoms with Crippen molar-refractivity contribution in [1.82, 2.24) is 10.6 Å². The van der Waals surface area contributed by atoms with Crippen LogP contribution in [-0.4, -0.2) is 36.8 Å². The molecule has 0 bridgehead atoms. The van der Waals surface area contributed by atoms with Gasteiger partial charge in [0.1, 0.15) is 0 Å². The molecule has 4 heteroatoms. The fourth-order valence-corrected chi connectivity index (χ4v) is 2.27. The summed E-state index contributed by atoms with van der Waals surface area (Å²) in [6, 6.07) is 9.98. The second-order valence-electron chi connectivity index (χ2n) is 5.26. The molecule has 0 saturated heterocycles. The largest absolute Gasteiger partial charge is 0.392 e. The van der Waals surface area contributed by atoms with E-state index in [9.17, 15) is 4.79 Å². The molecule has 1 aromatic rings. The van der Waals surface area contributed by atoms with Gasteiger partial charge in [-0.05, 0) is 25.3 Å². The van der Waals surface area contributed by atoms with Crippen LogP contribution in [0.15, 0.2) is 30.3 Å². The summed E-state index contributed by atoms with van der Waals surface area (Å²) in [7, 11) is 0. The van der Waals surface area contributed by atoms with Gasteiger partial charge in [0.15, 0.2) is 0 Å². The lowest BCUT2D eigenvalue weighted by Crippen LogP contribution is -2.39. The molecule has 0 spiro atoms. The van der Waals surface area contributed by atoms with E-state index in [1.54, 1.807) is 6.92 Å². The van der Waals surface area contributed by atoms with Gasteiger partial charge < -0.3 is 15.7 Å². The minimum Gasteiger partial charge on any atom is -0.392 e. The predicted molar refractivity (Wildman–Crippen MR) is 74.9 cm³/mol. The third-order valence-electron chi connectivity index (χ3n) is 3.54. The molecule has 1 atom stereocenters. The summed E-state index contributed by atoms with van der Waals surface area (Å²) < 4.78 is 0. The van der Waals surface area contributed by atoms with Crippen LogP contribution < -0.4 is 10.6 Å². The van der Waals surface area contributed by atoms with Crippen molar-refractivity contribution in [2.45, 2.75) is 31.3 Å². The summed E-state index contributed by atoms with van der Waals surface area (Å²) in [5.74, 6) is 0.123. The normalized spacial score (nSPS) is 17.8. The van der Waals surface area contributed by atoms with Crippen molar-refractivity contribution in [3.63, 3.8) is 0 Å². The van der Waals surface area contributed by atoms with Crippen molar-refractivity contribution in [3.05, 3.63) is 35.9 Å². The first kappa shape index (κ1) is 14.0. The first-order chi connectivity index (χ1) is 9.15. The van der Waals surface area contributed by atoms with Gasteiger partial charge in [-0.25, -0.2) is 0 Å². The smallest absolute Gasteiger partial charge is 0.230 e. The molecule has 1 aromatic carbocycles. The number of carbonyl (C=O) groups excluding carboxylic acids is 1. The summed E-state index contributed by atoms with van der Waals surface area (Å²) in [5.41, 5.74) is 0.829. The number of nitrogens with one attached hydrogen (secondary N) is 2. The maximum absolute atomic E-state index is 12.2. The number of hydrogen-bond acceptors (Lipinski definition) is 3. The van der Waals surface area contributed by atoms with E-state index in [1.807, 2.05) is 30.3 Å². The standard InChI is InChI=1S/C15H22N2O2/c1-12(18)11-16-9-10-17-14(19)15(7-8-15)13-5-3-2-4-6-13/h2-6,12,16,18H,7-11H2,1H3,(H,17,19). The van der Waals surface area contributed by atoms with Gasteiger partial charge in [-0.1, -0.05) is 30.3 Å². The predicted octanol–water partition coefficient (Wildman–Crippen LogP) is 0.805. The van der Waals surface area contributed by atoms with E-state index >= 15 is 0 Å². The van der Waals surface area contributed by atoms with E-state index in [1.165, 1.54) is 0 Å². The van der Waals surface area contributed by atoms with Gasteiger partial charge in [-0.3, -0.25) is 4.79 Å². The first-order valence-corrected chi connectivity index (χ1v) is 6.88. The molecule has 19 heavy (non-hydrogen) atoms. The van der Waals surface area contributed by atoms with Crippen LogP contribution in [-0.2, 0) is 10.2 Å². The number of carbonyl (C=O) groups is 1. The summed E-state index contributed by atoms with van der Waals surface area (Å²) in [6.45, 7) is 3.57. The summed E-state index contributed by atoms with van der Waals surface area (Å²) >= 11 is 0. The third kappa shape index (κ3) is 3.55. The Morgan fingerprint density at radius 2 is 2.00 bits per heavy atom. The van der Waals surface area contributed by atoms with E-state index in [4.69, 9.17) is 5.11 Å². The summed E-state index contributed by atoms with van der Waals surface area (Å²) in [4.78, 5) is 12.2. The average Bonchev–Trinajstić information content (AvgIpc) is 3.20. The van der Waals surface area contributed by atoms with Crippen LogP contribution in [0, 0.1) is 0 Å². The van der Waals surface area contributed by atoms with Gasteiger partial charge in [0.05, 0.1) is 11.5 Å². The molecular weight excluding hydrogens is 240 g/mol. The minimum absolute atomic E-state index is 0.123. The van der Waals surface area contributed by atoms with E-state index in [0.29, 0.717) is 19.6 Å². The van der Waals surface area contributed by atoms with E-state index < -0.39 is 0 Å². The third-order valence-corrected chi connectivity index (χ3v) is 3.54.